The number of rotatable bonds is 5. The Kier molecular flexibility index (Phi) is 6.41. The third-order valence-electron chi connectivity index (χ3n) is 6.60. The molecule has 1 aliphatic carbocycles. The van der Waals surface area contributed by atoms with Crippen LogP contribution in [0.5, 0.6) is 5.75 Å². The fraction of sp³-hybridized carbons (Fsp3) is 0.321. The van der Waals surface area contributed by atoms with Gasteiger partial charge in [-0.2, -0.15) is 0 Å². The van der Waals surface area contributed by atoms with Crippen LogP contribution in [0.1, 0.15) is 40.9 Å². The van der Waals surface area contributed by atoms with Crippen LogP contribution in [-0.2, 0) is 19.6 Å². The van der Waals surface area contributed by atoms with Crippen LogP contribution in [0.3, 0.4) is 0 Å². The molecule has 5 heteroatoms. The van der Waals surface area contributed by atoms with E-state index in [0.717, 1.165) is 60.6 Å². The lowest BCUT2D eigenvalue weighted by Gasteiger charge is -2.45. The van der Waals surface area contributed by atoms with Gasteiger partial charge in [-0.1, -0.05) is 42.3 Å². The Hall–Kier alpha value is -3.17. The van der Waals surface area contributed by atoms with Gasteiger partial charge < -0.3 is 14.9 Å². The third-order valence-corrected chi connectivity index (χ3v) is 6.60. The van der Waals surface area contributed by atoms with Crippen molar-refractivity contribution in [3.63, 3.8) is 0 Å². The maximum atomic E-state index is 9.30. The molecule has 1 fully saturated rings. The van der Waals surface area contributed by atoms with E-state index < -0.39 is 6.29 Å². The number of ether oxygens (including phenoxy) is 1. The highest BCUT2D eigenvalue weighted by Crippen LogP contribution is 2.35. The molecule has 3 aromatic rings. The first kappa shape index (κ1) is 21.7. The lowest BCUT2D eigenvalue weighted by atomic mass is 9.78. The summed E-state index contributed by atoms with van der Waals surface area (Å²) in [5, 5.41) is 18.6. The molecule has 5 nitrogen and oxygen atoms in total. The first-order chi connectivity index (χ1) is 16.1. The van der Waals surface area contributed by atoms with Crippen molar-refractivity contribution in [2.75, 3.05) is 6.54 Å². The Morgan fingerprint density at radius 1 is 0.970 bits per heavy atom. The molecule has 2 heterocycles. The highest BCUT2D eigenvalue weighted by atomic mass is 16.5. The van der Waals surface area contributed by atoms with E-state index in [4.69, 9.17) is 9.72 Å². The summed E-state index contributed by atoms with van der Waals surface area (Å²) in [6, 6.07) is 22.5. The standard InChI is InChI=1S/C28H28N2O3/c31-28(32)23-16-25(17-23)30-15-14-27-22(18-30)9-11-24(29-27)10-6-20-7-12-26(13-8-20)33-19-21-4-2-1-3-5-21/h1-5,7-9,11-13,23,25,28,31-32H,14-19H2. The summed E-state index contributed by atoms with van der Waals surface area (Å²) < 4.78 is 5.84. The molecular weight excluding hydrogens is 412 g/mol. The summed E-state index contributed by atoms with van der Waals surface area (Å²) >= 11 is 0. The molecule has 0 amide bonds. The Labute approximate surface area is 194 Å². The highest BCUT2D eigenvalue weighted by molar-refractivity contribution is 5.43. The Balaban J connectivity index is 1.17. The zero-order valence-electron chi connectivity index (χ0n) is 18.5. The van der Waals surface area contributed by atoms with E-state index in [0.29, 0.717) is 12.6 Å². The molecule has 5 rings (SSSR count). The van der Waals surface area contributed by atoms with Gasteiger partial charge in [0.15, 0.2) is 6.29 Å². The van der Waals surface area contributed by atoms with E-state index in [1.54, 1.807) is 0 Å². The maximum absolute atomic E-state index is 9.30. The van der Waals surface area contributed by atoms with Crippen LogP contribution in [-0.4, -0.2) is 39.0 Å². The molecule has 0 spiro atoms. The largest absolute Gasteiger partial charge is 0.489 e. The second-order valence-electron chi connectivity index (χ2n) is 8.87. The number of fused-ring (bicyclic) bond motifs is 1. The Morgan fingerprint density at radius 2 is 1.76 bits per heavy atom. The molecule has 0 radical (unpaired) electrons. The number of nitrogens with zero attached hydrogens (tertiary/aromatic N) is 2. The van der Waals surface area contributed by atoms with Gasteiger partial charge in [0.05, 0.1) is 0 Å². The van der Waals surface area contributed by atoms with E-state index >= 15 is 0 Å². The van der Waals surface area contributed by atoms with E-state index in [9.17, 15) is 10.2 Å². The molecular formula is C28H28N2O3. The normalized spacial score (nSPS) is 19.8. The number of aliphatic hydroxyl groups is 2. The molecule has 0 bridgehead atoms. The van der Waals surface area contributed by atoms with Crippen LogP contribution >= 0.6 is 0 Å². The van der Waals surface area contributed by atoms with Gasteiger partial charge in [-0.3, -0.25) is 4.90 Å². The molecule has 33 heavy (non-hydrogen) atoms. The lowest BCUT2D eigenvalue weighted by molar-refractivity contribution is -0.127. The van der Waals surface area contributed by atoms with Gasteiger partial charge >= 0.3 is 0 Å². The summed E-state index contributed by atoms with van der Waals surface area (Å²) in [5.74, 6) is 7.25. The molecule has 0 saturated heterocycles. The van der Waals surface area contributed by atoms with Crippen molar-refractivity contribution >= 4 is 0 Å². The third kappa shape index (κ3) is 5.26. The molecule has 1 aromatic heterocycles. The number of hydrogen-bond donors (Lipinski definition) is 2. The number of aromatic nitrogens is 1. The molecule has 1 saturated carbocycles. The predicted molar refractivity (Wildman–Crippen MR) is 126 cm³/mol. The second kappa shape index (κ2) is 9.76. The van der Waals surface area contributed by atoms with Crippen molar-refractivity contribution < 1.29 is 14.9 Å². The maximum Gasteiger partial charge on any atom is 0.154 e. The van der Waals surface area contributed by atoms with Crippen LogP contribution in [0.4, 0.5) is 0 Å². The molecule has 0 unspecified atom stereocenters. The number of benzene rings is 2. The van der Waals surface area contributed by atoms with E-state index in [-0.39, 0.29) is 5.92 Å². The van der Waals surface area contributed by atoms with Gasteiger partial charge in [0, 0.05) is 42.7 Å². The van der Waals surface area contributed by atoms with Crippen LogP contribution in [0.2, 0.25) is 0 Å². The highest BCUT2D eigenvalue weighted by Gasteiger charge is 2.38. The molecule has 0 atom stereocenters. The summed E-state index contributed by atoms with van der Waals surface area (Å²) in [6.45, 7) is 2.38. The first-order valence-electron chi connectivity index (χ1n) is 11.5. The van der Waals surface area contributed by atoms with E-state index in [1.807, 2.05) is 60.7 Å². The first-order valence-corrected chi connectivity index (χ1v) is 11.5. The van der Waals surface area contributed by atoms with Crippen LogP contribution in [0.25, 0.3) is 0 Å². The zero-order valence-corrected chi connectivity index (χ0v) is 18.5. The second-order valence-corrected chi connectivity index (χ2v) is 8.87. The topological polar surface area (TPSA) is 65.8 Å². The van der Waals surface area contributed by atoms with E-state index in [1.165, 1.54) is 5.56 Å². The number of pyridine rings is 1. The minimum absolute atomic E-state index is 0.0247. The average molecular weight is 441 g/mol. The van der Waals surface area contributed by atoms with Crippen LogP contribution in [0, 0.1) is 17.8 Å². The number of aliphatic hydroxyl groups excluding tert-OH is 1. The summed E-state index contributed by atoms with van der Waals surface area (Å²) in [6.07, 6.45) is 1.44. The SMILES string of the molecule is OC(O)C1CC(N2CCc3nc(C#Cc4ccc(OCc5ccccc5)cc4)ccc3C2)C1. The molecule has 1 aliphatic heterocycles. The zero-order chi connectivity index (χ0) is 22.6. The minimum atomic E-state index is -1.18. The fourth-order valence-electron chi connectivity index (χ4n) is 4.50. The van der Waals surface area contributed by atoms with Crippen molar-refractivity contribution in [2.24, 2.45) is 5.92 Å². The fourth-order valence-corrected chi connectivity index (χ4v) is 4.50. The smallest absolute Gasteiger partial charge is 0.154 e. The minimum Gasteiger partial charge on any atom is -0.489 e. The van der Waals surface area contributed by atoms with E-state index in [2.05, 4.69) is 22.8 Å². The molecule has 2 N–H and O–H groups in total. The van der Waals surface area contributed by atoms with Gasteiger partial charge in [0.1, 0.15) is 18.1 Å². The van der Waals surface area contributed by atoms with Crippen molar-refractivity contribution in [3.05, 3.63) is 94.8 Å². The Morgan fingerprint density at radius 3 is 2.52 bits per heavy atom. The summed E-state index contributed by atoms with van der Waals surface area (Å²) in [4.78, 5) is 7.22. The van der Waals surface area contributed by atoms with Gasteiger partial charge in [-0.25, -0.2) is 4.98 Å². The molecule has 2 aliphatic rings. The van der Waals surface area contributed by atoms with Crippen molar-refractivity contribution in [1.82, 2.24) is 9.88 Å². The van der Waals surface area contributed by atoms with Crippen molar-refractivity contribution in [3.8, 4) is 17.6 Å². The van der Waals surface area contributed by atoms with Crippen LogP contribution < -0.4 is 4.74 Å². The lowest BCUT2D eigenvalue weighted by Crippen LogP contribution is -2.49. The van der Waals surface area contributed by atoms with Crippen molar-refractivity contribution in [2.45, 2.75) is 44.7 Å². The summed E-state index contributed by atoms with van der Waals surface area (Å²) in [5.41, 5.74) is 5.24. The van der Waals surface area contributed by atoms with Gasteiger partial charge in [0.2, 0.25) is 0 Å². The van der Waals surface area contributed by atoms with Gasteiger partial charge in [-0.05, 0) is 60.2 Å². The molecule has 168 valence electrons. The number of hydrogen-bond acceptors (Lipinski definition) is 5. The quantitative estimate of drug-likeness (QED) is 0.470. The average Bonchev–Trinajstić information content (AvgIpc) is 2.81. The van der Waals surface area contributed by atoms with Crippen LogP contribution in [0.15, 0.2) is 66.7 Å². The monoisotopic (exact) mass is 440 g/mol. The van der Waals surface area contributed by atoms with Gasteiger partial charge in [0.25, 0.3) is 0 Å². The molecule has 2 aromatic carbocycles. The van der Waals surface area contributed by atoms with Gasteiger partial charge in [-0.15, -0.1) is 0 Å². The van der Waals surface area contributed by atoms with Crippen molar-refractivity contribution in [1.29, 1.82) is 0 Å². The summed E-state index contributed by atoms with van der Waals surface area (Å²) in [7, 11) is 0. The predicted octanol–water partition coefficient (Wildman–Crippen LogP) is 3.51. The Bertz CT molecular complexity index is 1140.